The standard InChI is InChI=1S/C12H16N4O5/c1-6-8(7(2)15-12(21)14-6)3-10(18)16(4-9(13)17)5-11(19)20/h3-5H2,1-2H3,(H2,13,17)(H,19,20)(H,14,15,21). The van der Waals surface area contributed by atoms with Gasteiger partial charge < -0.3 is 20.7 Å². The van der Waals surface area contributed by atoms with Crippen molar-refractivity contribution in [3.8, 4) is 0 Å². The van der Waals surface area contributed by atoms with E-state index in [2.05, 4.69) is 9.97 Å². The van der Waals surface area contributed by atoms with E-state index < -0.39 is 36.6 Å². The monoisotopic (exact) mass is 296 g/mol. The average molecular weight is 296 g/mol. The lowest BCUT2D eigenvalue weighted by molar-refractivity contribution is -0.145. The number of carbonyl (C=O) groups is 3. The molecule has 0 bridgehead atoms. The second kappa shape index (κ2) is 6.64. The maximum absolute atomic E-state index is 12.1. The van der Waals surface area contributed by atoms with E-state index in [0.717, 1.165) is 4.90 Å². The van der Waals surface area contributed by atoms with Crippen LogP contribution < -0.4 is 11.4 Å². The zero-order chi connectivity index (χ0) is 16.2. The minimum atomic E-state index is -1.25. The Morgan fingerprint density at radius 3 is 2.38 bits per heavy atom. The van der Waals surface area contributed by atoms with Crippen LogP contribution in [0.25, 0.3) is 0 Å². The summed E-state index contributed by atoms with van der Waals surface area (Å²) in [6, 6.07) is 0. The summed E-state index contributed by atoms with van der Waals surface area (Å²) in [7, 11) is 0. The van der Waals surface area contributed by atoms with Gasteiger partial charge in [0.1, 0.15) is 6.54 Å². The van der Waals surface area contributed by atoms with Crippen molar-refractivity contribution in [3.63, 3.8) is 0 Å². The average Bonchev–Trinajstić information content (AvgIpc) is 2.31. The SMILES string of the molecule is Cc1nc(=O)[nH]c(C)c1CC(=O)N(CC(N)=O)CC(=O)O. The number of hydrogen-bond donors (Lipinski definition) is 3. The summed E-state index contributed by atoms with van der Waals surface area (Å²) in [5.41, 5.74) is 5.79. The minimum Gasteiger partial charge on any atom is -0.480 e. The lowest BCUT2D eigenvalue weighted by atomic mass is 10.1. The smallest absolute Gasteiger partial charge is 0.345 e. The summed E-state index contributed by atoms with van der Waals surface area (Å²) in [6.07, 6.45) is -0.179. The summed E-state index contributed by atoms with van der Waals surface area (Å²) in [6.45, 7) is 2.06. The molecule has 0 fully saturated rings. The molecule has 0 unspecified atom stereocenters. The number of aliphatic carboxylic acids is 1. The molecule has 0 aromatic carbocycles. The van der Waals surface area contributed by atoms with E-state index >= 15 is 0 Å². The van der Waals surface area contributed by atoms with Crippen LogP contribution in [0.3, 0.4) is 0 Å². The molecule has 2 amide bonds. The first kappa shape index (κ1) is 16.3. The van der Waals surface area contributed by atoms with Gasteiger partial charge in [0.2, 0.25) is 11.8 Å². The second-order valence-corrected chi connectivity index (χ2v) is 4.52. The number of carbonyl (C=O) groups excluding carboxylic acids is 2. The number of carboxylic acid groups (broad SMARTS) is 1. The van der Waals surface area contributed by atoms with Gasteiger partial charge >= 0.3 is 11.7 Å². The highest BCUT2D eigenvalue weighted by molar-refractivity contribution is 5.88. The molecule has 1 rings (SSSR count). The molecule has 9 heteroatoms. The van der Waals surface area contributed by atoms with Crippen LogP contribution in [-0.4, -0.2) is 50.8 Å². The normalized spacial score (nSPS) is 10.2. The Kier molecular flexibility index (Phi) is 5.17. The molecular formula is C12H16N4O5. The number of nitrogens with two attached hydrogens (primary N) is 1. The highest BCUT2D eigenvalue weighted by Crippen LogP contribution is 2.09. The van der Waals surface area contributed by atoms with E-state index in [1.54, 1.807) is 13.8 Å². The first-order valence-electron chi connectivity index (χ1n) is 6.05. The van der Waals surface area contributed by atoms with Gasteiger partial charge in [-0.25, -0.2) is 4.79 Å². The van der Waals surface area contributed by atoms with E-state index in [1.165, 1.54) is 0 Å². The van der Waals surface area contributed by atoms with Crippen molar-refractivity contribution in [2.75, 3.05) is 13.1 Å². The van der Waals surface area contributed by atoms with Gasteiger partial charge in [0, 0.05) is 17.0 Å². The van der Waals surface area contributed by atoms with Gasteiger partial charge in [-0.1, -0.05) is 0 Å². The fourth-order valence-corrected chi connectivity index (χ4v) is 1.86. The molecule has 114 valence electrons. The highest BCUT2D eigenvalue weighted by atomic mass is 16.4. The second-order valence-electron chi connectivity index (χ2n) is 4.52. The molecule has 1 aromatic rings. The van der Waals surface area contributed by atoms with Crippen LogP contribution in [0.5, 0.6) is 0 Å². The number of aryl methyl sites for hydroxylation is 2. The maximum Gasteiger partial charge on any atom is 0.345 e. The Bertz CT molecular complexity index is 595. The van der Waals surface area contributed by atoms with Gasteiger partial charge in [0.15, 0.2) is 0 Å². The van der Waals surface area contributed by atoms with Crippen molar-refractivity contribution in [1.29, 1.82) is 0 Å². The molecule has 21 heavy (non-hydrogen) atoms. The molecule has 1 heterocycles. The molecular weight excluding hydrogens is 280 g/mol. The Labute approximate surface area is 119 Å². The quantitative estimate of drug-likeness (QED) is 0.571. The number of hydrogen-bond acceptors (Lipinski definition) is 5. The number of aromatic nitrogens is 2. The number of primary amides is 1. The third-order valence-electron chi connectivity index (χ3n) is 2.81. The lowest BCUT2D eigenvalue weighted by Gasteiger charge is -2.19. The Morgan fingerprint density at radius 2 is 1.90 bits per heavy atom. The van der Waals surface area contributed by atoms with Crippen molar-refractivity contribution in [3.05, 3.63) is 27.4 Å². The third kappa shape index (κ3) is 4.71. The molecule has 0 radical (unpaired) electrons. The molecule has 4 N–H and O–H groups in total. The number of nitrogens with zero attached hydrogens (tertiary/aromatic N) is 2. The maximum atomic E-state index is 12.1. The Balaban J connectivity index is 2.98. The Hall–Kier alpha value is -2.71. The lowest BCUT2D eigenvalue weighted by Crippen LogP contribution is -2.42. The summed E-state index contributed by atoms with van der Waals surface area (Å²) >= 11 is 0. The number of amides is 2. The molecule has 9 nitrogen and oxygen atoms in total. The Morgan fingerprint density at radius 1 is 1.29 bits per heavy atom. The predicted octanol–water partition coefficient (Wildman–Crippen LogP) is -1.67. The fourth-order valence-electron chi connectivity index (χ4n) is 1.86. The van der Waals surface area contributed by atoms with E-state index in [9.17, 15) is 19.2 Å². The minimum absolute atomic E-state index is 0.179. The molecule has 0 spiro atoms. The molecule has 1 aromatic heterocycles. The zero-order valence-corrected chi connectivity index (χ0v) is 11.7. The number of rotatable bonds is 6. The predicted molar refractivity (Wildman–Crippen MR) is 71.4 cm³/mol. The number of aromatic amines is 1. The van der Waals surface area contributed by atoms with Crippen molar-refractivity contribution in [2.24, 2.45) is 5.73 Å². The van der Waals surface area contributed by atoms with Crippen molar-refractivity contribution in [2.45, 2.75) is 20.3 Å². The molecule has 0 saturated heterocycles. The molecule has 0 aliphatic rings. The van der Waals surface area contributed by atoms with Crippen LogP contribution in [0, 0.1) is 13.8 Å². The summed E-state index contributed by atoms with van der Waals surface area (Å²) in [5, 5.41) is 8.75. The number of nitrogens with one attached hydrogen (secondary N) is 1. The van der Waals surface area contributed by atoms with Gasteiger partial charge in [-0.2, -0.15) is 4.98 Å². The third-order valence-corrected chi connectivity index (χ3v) is 2.81. The zero-order valence-electron chi connectivity index (χ0n) is 11.7. The van der Waals surface area contributed by atoms with Gasteiger partial charge in [-0.15, -0.1) is 0 Å². The van der Waals surface area contributed by atoms with Gasteiger partial charge in [0.05, 0.1) is 13.0 Å². The first-order valence-corrected chi connectivity index (χ1v) is 6.05. The van der Waals surface area contributed by atoms with E-state index in [-0.39, 0.29) is 6.42 Å². The van der Waals surface area contributed by atoms with E-state index in [4.69, 9.17) is 10.8 Å². The molecule has 0 atom stereocenters. The number of H-pyrrole nitrogens is 1. The van der Waals surface area contributed by atoms with Crippen LogP contribution in [0.1, 0.15) is 17.0 Å². The largest absolute Gasteiger partial charge is 0.480 e. The van der Waals surface area contributed by atoms with Crippen molar-refractivity contribution < 1.29 is 19.5 Å². The van der Waals surface area contributed by atoms with Crippen molar-refractivity contribution in [1.82, 2.24) is 14.9 Å². The van der Waals surface area contributed by atoms with Gasteiger partial charge in [-0.3, -0.25) is 14.4 Å². The van der Waals surface area contributed by atoms with Crippen LogP contribution in [0.15, 0.2) is 4.79 Å². The van der Waals surface area contributed by atoms with Crippen LogP contribution in [-0.2, 0) is 20.8 Å². The summed E-state index contributed by atoms with van der Waals surface area (Å²) in [4.78, 5) is 51.9. The van der Waals surface area contributed by atoms with Crippen molar-refractivity contribution >= 4 is 17.8 Å². The van der Waals surface area contributed by atoms with Gasteiger partial charge in [0.25, 0.3) is 0 Å². The van der Waals surface area contributed by atoms with E-state index in [0.29, 0.717) is 17.0 Å². The summed E-state index contributed by atoms with van der Waals surface area (Å²) < 4.78 is 0. The molecule has 0 aliphatic heterocycles. The summed E-state index contributed by atoms with van der Waals surface area (Å²) in [5.74, 6) is -2.65. The highest BCUT2D eigenvalue weighted by Gasteiger charge is 2.21. The number of carboxylic acids is 1. The van der Waals surface area contributed by atoms with Crippen LogP contribution in [0.4, 0.5) is 0 Å². The fraction of sp³-hybridized carbons (Fsp3) is 0.417. The van der Waals surface area contributed by atoms with Crippen LogP contribution >= 0.6 is 0 Å². The first-order chi connectivity index (χ1) is 9.70. The molecule has 0 aliphatic carbocycles. The topological polar surface area (TPSA) is 146 Å². The van der Waals surface area contributed by atoms with Gasteiger partial charge in [-0.05, 0) is 13.8 Å². The van der Waals surface area contributed by atoms with E-state index in [1.807, 2.05) is 0 Å². The van der Waals surface area contributed by atoms with Crippen LogP contribution in [0.2, 0.25) is 0 Å². The molecule has 0 saturated carbocycles.